The van der Waals surface area contributed by atoms with Crippen LogP contribution in [0.2, 0.25) is 0 Å². The van der Waals surface area contributed by atoms with Gasteiger partial charge in [0, 0.05) is 38.3 Å². The van der Waals surface area contributed by atoms with Crippen molar-refractivity contribution in [1.82, 2.24) is 9.80 Å². The lowest BCUT2D eigenvalue weighted by Crippen LogP contribution is -2.45. The maximum absolute atomic E-state index is 5.38. The second kappa shape index (κ2) is 15.3. The predicted molar refractivity (Wildman–Crippen MR) is 91.6 cm³/mol. The Morgan fingerprint density at radius 3 is 1.75 bits per heavy atom. The molecule has 20 heavy (non-hydrogen) atoms. The minimum absolute atomic E-state index is 0.709. The number of nitrogens with zero attached hydrogens (tertiary/aromatic N) is 2. The number of ether oxygens (including phenoxy) is 1. The second-order valence-electron chi connectivity index (χ2n) is 4.68. The summed E-state index contributed by atoms with van der Waals surface area (Å²) in [6, 6.07) is 1.50. The summed E-state index contributed by atoms with van der Waals surface area (Å²) >= 11 is 0. The van der Waals surface area contributed by atoms with Crippen LogP contribution in [0, 0.1) is 0 Å². The van der Waals surface area contributed by atoms with Crippen molar-refractivity contribution in [2.24, 2.45) is 0 Å². The van der Waals surface area contributed by atoms with Crippen LogP contribution in [0.15, 0.2) is 0 Å². The number of morpholine rings is 1. The van der Waals surface area contributed by atoms with Crippen LogP contribution < -0.4 is 0 Å². The number of rotatable bonds is 2. The predicted octanol–water partition coefficient (Wildman–Crippen LogP) is 3.88. The van der Waals surface area contributed by atoms with Gasteiger partial charge in [-0.3, -0.25) is 9.80 Å². The summed E-state index contributed by atoms with van der Waals surface area (Å²) in [5.41, 5.74) is 0. The SMILES string of the molecule is CC.CC.CC.CC(C)N1CCC(N2CCOCC2)C1. The Kier molecular flexibility index (Phi) is 16.9. The molecule has 2 heterocycles. The summed E-state index contributed by atoms with van der Waals surface area (Å²) in [4.78, 5) is 5.19. The summed E-state index contributed by atoms with van der Waals surface area (Å²) < 4.78 is 5.38. The molecule has 124 valence electrons. The van der Waals surface area contributed by atoms with Crippen molar-refractivity contribution in [3.63, 3.8) is 0 Å². The molecule has 2 saturated heterocycles. The van der Waals surface area contributed by atoms with E-state index in [1.54, 1.807) is 0 Å². The van der Waals surface area contributed by atoms with E-state index in [2.05, 4.69) is 23.6 Å². The molecule has 0 aromatic rings. The average molecular weight is 289 g/mol. The van der Waals surface area contributed by atoms with E-state index in [1.165, 1.54) is 19.5 Å². The molecule has 0 radical (unpaired) electrons. The molecule has 1 unspecified atom stereocenters. The van der Waals surface area contributed by atoms with Gasteiger partial charge in [0.15, 0.2) is 0 Å². The third-order valence-corrected chi connectivity index (χ3v) is 3.49. The Morgan fingerprint density at radius 1 is 0.850 bits per heavy atom. The Hall–Kier alpha value is -0.120. The lowest BCUT2D eigenvalue weighted by Gasteiger charge is -2.32. The molecule has 0 aromatic heterocycles. The van der Waals surface area contributed by atoms with Gasteiger partial charge in [-0.05, 0) is 20.3 Å². The van der Waals surface area contributed by atoms with Gasteiger partial charge in [-0.25, -0.2) is 0 Å². The fourth-order valence-corrected chi connectivity index (χ4v) is 2.48. The van der Waals surface area contributed by atoms with Gasteiger partial charge in [0.2, 0.25) is 0 Å². The van der Waals surface area contributed by atoms with E-state index >= 15 is 0 Å². The van der Waals surface area contributed by atoms with Crippen molar-refractivity contribution >= 4 is 0 Å². The molecule has 2 fully saturated rings. The highest BCUT2D eigenvalue weighted by Crippen LogP contribution is 2.18. The maximum atomic E-state index is 5.38. The molecular weight excluding hydrogens is 248 g/mol. The Balaban J connectivity index is 0. The highest BCUT2D eigenvalue weighted by atomic mass is 16.5. The second-order valence-corrected chi connectivity index (χ2v) is 4.68. The van der Waals surface area contributed by atoms with Crippen LogP contribution >= 0.6 is 0 Å². The molecule has 0 amide bonds. The smallest absolute Gasteiger partial charge is 0.0594 e. The van der Waals surface area contributed by atoms with E-state index in [9.17, 15) is 0 Å². The number of hydrogen-bond acceptors (Lipinski definition) is 3. The van der Waals surface area contributed by atoms with Gasteiger partial charge >= 0.3 is 0 Å². The molecule has 0 spiro atoms. The van der Waals surface area contributed by atoms with Gasteiger partial charge < -0.3 is 4.74 Å². The molecule has 2 aliphatic rings. The summed E-state index contributed by atoms with van der Waals surface area (Å²) in [5, 5.41) is 0. The fraction of sp³-hybridized carbons (Fsp3) is 1.00. The summed E-state index contributed by atoms with van der Waals surface area (Å²) in [6.07, 6.45) is 1.35. The molecule has 0 saturated carbocycles. The van der Waals surface area contributed by atoms with Crippen molar-refractivity contribution in [2.75, 3.05) is 39.4 Å². The number of hydrogen-bond donors (Lipinski definition) is 0. The van der Waals surface area contributed by atoms with Gasteiger partial charge in [-0.1, -0.05) is 41.5 Å². The number of likely N-dealkylation sites (tertiary alicyclic amines) is 1. The Labute approximate surface area is 128 Å². The molecular formula is C17H40N2O. The highest BCUT2D eigenvalue weighted by Gasteiger charge is 2.29. The van der Waals surface area contributed by atoms with Gasteiger partial charge in [0.1, 0.15) is 0 Å². The van der Waals surface area contributed by atoms with Crippen LogP contribution in [-0.2, 0) is 4.74 Å². The van der Waals surface area contributed by atoms with Gasteiger partial charge in [-0.15, -0.1) is 0 Å². The molecule has 0 N–H and O–H groups in total. The quantitative estimate of drug-likeness (QED) is 0.767. The molecule has 1 atom stereocenters. The fourth-order valence-electron chi connectivity index (χ4n) is 2.48. The van der Waals surface area contributed by atoms with E-state index in [0.717, 1.165) is 32.3 Å². The summed E-state index contributed by atoms with van der Waals surface area (Å²) in [7, 11) is 0. The van der Waals surface area contributed by atoms with Crippen LogP contribution in [0.5, 0.6) is 0 Å². The topological polar surface area (TPSA) is 15.7 Å². The van der Waals surface area contributed by atoms with Crippen molar-refractivity contribution in [3.05, 3.63) is 0 Å². The maximum Gasteiger partial charge on any atom is 0.0594 e. The minimum atomic E-state index is 0.709. The third-order valence-electron chi connectivity index (χ3n) is 3.49. The lowest BCUT2D eigenvalue weighted by molar-refractivity contribution is 0.0179. The van der Waals surface area contributed by atoms with Crippen molar-refractivity contribution in [2.45, 2.75) is 73.9 Å². The molecule has 0 bridgehead atoms. The standard InChI is InChI=1S/C11H22N2O.3C2H6/c1-10(2)13-4-3-11(9-13)12-5-7-14-8-6-12;3*1-2/h10-11H,3-9H2,1-2H3;3*1-2H3. The molecule has 2 rings (SSSR count). The van der Waals surface area contributed by atoms with Crippen LogP contribution in [0.25, 0.3) is 0 Å². The Bertz CT molecular complexity index is 180. The molecule has 2 aliphatic heterocycles. The van der Waals surface area contributed by atoms with E-state index in [4.69, 9.17) is 4.74 Å². The van der Waals surface area contributed by atoms with Crippen molar-refractivity contribution in [3.8, 4) is 0 Å². The van der Waals surface area contributed by atoms with E-state index in [-0.39, 0.29) is 0 Å². The first kappa shape index (κ1) is 22.2. The normalized spacial score (nSPS) is 22.9. The molecule has 3 heteroatoms. The van der Waals surface area contributed by atoms with Gasteiger partial charge in [0.05, 0.1) is 13.2 Å². The monoisotopic (exact) mass is 288 g/mol. The first-order valence-corrected chi connectivity index (χ1v) is 8.83. The zero-order valence-electron chi connectivity index (χ0n) is 15.4. The average Bonchev–Trinajstić information content (AvgIpc) is 3.04. The van der Waals surface area contributed by atoms with Gasteiger partial charge in [-0.2, -0.15) is 0 Å². The first-order valence-electron chi connectivity index (χ1n) is 8.83. The Morgan fingerprint density at radius 2 is 1.35 bits per heavy atom. The third kappa shape index (κ3) is 8.23. The van der Waals surface area contributed by atoms with E-state index in [1.807, 2.05) is 41.5 Å². The van der Waals surface area contributed by atoms with Crippen LogP contribution in [0.3, 0.4) is 0 Å². The van der Waals surface area contributed by atoms with E-state index < -0.39 is 0 Å². The zero-order valence-corrected chi connectivity index (χ0v) is 15.4. The minimum Gasteiger partial charge on any atom is -0.379 e. The summed E-state index contributed by atoms with van der Waals surface area (Å²) in [6.45, 7) is 23.3. The van der Waals surface area contributed by atoms with Crippen molar-refractivity contribution < 1.29 is 4.74 Å². The molecule has 3 nitrogen and oxygen atoms in total. The van der Waals surface area contributed by atoms with E-state index in [0.29, 0.717) is 6.04 Å². The summed E-state index contributed by atoms with van der Waals surface area (Å²) in [5.74, 6) is 0. The highest BCUT2D eigenvalue weighted by molar-refractivity contribution is 4.85. The van der Waals surface area contributed by atoms with Crippen LogP contribution in [-0.4, -0.2) is 61.3 Å². The zero-order chi connectivity index (χ0) is 16.0. The lowest BCUT2D eigenvalue weighted by atomic mass is 10.2. The first-order chi connectivity index (χ1) is 9.77. The molecule has 0 aromatic carbocycles. The molecule has 0 aliphatic carbocycles. The van der Waals surface area contributed by atoms with Crippen molar-refractivity contribution in [1.29, 1.82) is 0 Å². The van der Waals surface area contributed by atoms with Crippen LogP contribution in [0.4, 0.5) is 0 Å². The van der Waals surface area contributed by atoms with Gasteiger partial charge in [0.25, 0.3) is 0 Å². The van der Waals surface area contributed by atoms with Crippen LogP contribution in [0.1, 0.15) is 61.8 Å². The largest absolute Gasteiger partial charge is 0.379 e.